The third-order valence-corrected chi connectivity index (χ3v) is 2.85. The van der Waals surface area contributed by atoms with Gasteiger partial charge >= 0.3 is 0 Å². The minimum atomic E-state index is -0.338. The van der Waals surface area contributed by atoms with Crippen LogP contribution in [0.2, 0.25) is 0 Å². The Morgan fingerprint density at radius 1 is 1.32 bits per heavy atom. The van der Waals surface area contributed by atoms with Gasteiger partial charge in [0.1, 0.15) is 5.56 Å². The number of benzene rings is 1. The monoisotopic (exact) mass is 256 g/mol. The number of hydrogen-bond acceptors (Lipinski definition) is 2. The van der Waals surface area contributed by atoms with Crippen LogP contribution in [0.5, 0.6) is 0 Å². The molecule has 0 spiro atoms. The average molecular weight is 256 g/mol. The zero-order chi connectivity index (χ0) is 13.7. The van der Waals surface area contributed by atoms with Gasteiger partial charge in [-0.3, -0.25) is 9.59 Å². The van der Waals surface area contributed by atoms with Crippen LogP contribution < -0.4 is 10.7 Å². The topological polar surface area (TPSA) is 62.0 Å². The summed E-state index contributed by atoms with van der Waals surface area (Å²) < 4.78 is 0. The molecule has 4 nitrogen and oxygen atoms in total. The molecule has 0 aliphatic heterocycles. The number of aromatic amines is 1. The highest BCUT2D eigenvalue weighted by Gasteiger charge is 2.08. The van der Waals surface area contributed by atoms with E-state index < -0.39 is 0 Å². The fourth-order valence-corrected chi connectivity index (χ4v) is 1.88. The molecule has 1 heterocycles. The molecule has 0 bridgehead atoms. The Kier molecular flexibility index (Phi) is 4.13. The molecule has 0 aliphatic carbocycles. The van der Waals surface area contributed by atoms with Gasteiger partial charge in [-0.15, -0.1) is 0 Å². The highest BCUT2D eigenvalue weighted by Crippen LogP contribution is 2.03. The van der Waals surface area contributed by atoms with Crippen molar-refractivity contribution in [3.63, 3.8) is 0 Å². The van der Waals surface area contributed by atoms with Gasteiger partial charge in [-0.1, -0.05) is 29.8 Å². The number of hydrogen-bond donors (Lipinski definition) is 2. The first kappa shape index (κ1) is 13.1. The highest BCUT2D eigenvalue weighted by atomic mass is 16.2. The summed E-state index contributed by atoms with van der Waals surface area (Å²) in [5.41, 5.74) is 2.24. The Labute approximate surface area is 111 Å². The van der Waals surface area contributed by atoms with Crippen molar-refractivity contribution in [2.45, 2.75) is 13.3 Å². The van der Waals surface area contributed by atoms with Crippen LogP contribution >= 0.6 is 0 Å². The summed E-state index contributed by atoms with van der Waals surface area (Å²) in [6.45, 7) is 2.54. The van der Waals surface area contributed by atoms with Crippen LogP contribution in [0.3, 0.4) is 0 Å². The number of nitrogens with one attached hydrogen (secondary N) is 2. The minimum absolute atomic E-state index is 0.145. The highest BCUT2D eigenvalue weighted by molar-refractivity contribution is 5.93. The number of H-pyrrole nitrogens is 1. The van der Waals surface area contributed by atoms with E-state index in [9.17, 15) is 9.59 Å². The maximum absolute atomic E-state index is 11.8. The van der Waals surface area contributed by atoms with E-state index in [0.29, 0.717) is 6.54 Å². The number of aromatic nitrogens is 1. The van der Waals surface area contributed by atoms with Crippen molar-refractivity contribution >= 4 is 5.91 Å². The molecular formula is C15H16N2O2. The minimum Gasteiger partial charge on any atom is -0.367 e. The van der Waals surface area contributed by atoms with Crippen molar-refractivity contribution in [2.24, 2.45) is 0 Å². The molecule has 1 aromatic carbocycles. The molecule has 2 rings (SSSR count). The number of rotatable bonds is 4. The normalized spacial score (nSPS) is 10.2. The summed E-state index contributed by atoms with van der Waals surface area (Å²) >= 11 is 0. The third-order valence-electron chi connectivity index (χ3n) is 2.85. The number of carbonyl (C=O) groups excluding carboxylic acids is 1. The molecular weight excluding hydrogens is 240 g/mol. The van der Waals surface area contributed by atoms with E-state index in [4.69, 9.17) is 0 Å². The van der Waals surface area contributed by atoms with Gasteiger partial charge in [0.2, 0.25) is 0 Å². The molecule has 0 unspecified atom stereocenters. The summed E-state index contributed by atoms with van der Waals surface area (Å²) in [7, 11) is 0. The van der Waals surface area contributed by atoms with Crippen molar-refractivity contribution in [2.75, 3.05) is 6.54 Å². The quantitative estimate of drug-likeness (QED) is 0.873. The molecule has 0 fully saturated rings. The van der Waals surface area contributed by atoms with Crippen molar-refractivity contribution in [1.82, 2.24) is 10.3 Å². The second-order valence-corrected chi connectivity index (χ2v) is 4.42. The Hall–Kier alpha value is -2.36. The van der Waals surface area contributed by atoms with Gasteiger partial charge in [-0.2, -0.15) is 0 Å². The van der Waals surface area contributed by atoms with Crippen LogP contribution in [-0.2, 0) is 6.42 Å². The molecule has 1 aromatic heterocycles. The van der Waals surface area contributed by atoms with Crippen LogP contribution in [0.25, 0.3) is 0 Å². The van der Waals surface area contributed by atoms with Crippen LogP contribution in [-0.4, -0.2) is 17.4 Å². The summed E-state index contributed by atoms with van der Waals surface area (Å²) in [6.07, 6.45) is 3.67. The van der Waals surface area contributed by atoms with E-state index in [-0.39, 0.29) is 16.9 Å². The molecule has 0 saturated heterocycles. The third kappa shape index (κ3) is 3.55. The van der Waals surface area contributed by atoms with E-state index in [0.717, 1.165) is 6.42 Å². The smallest absolute Gasteiger partial charge is 0.256 e. The zero-order valence-electron chi connectivity index (χ0n) is 10.8. The van der Waals surface area contributed by atoms with Gasteiger partial charge in [0.05, 0.1) is 0 Å². The average Bonchev–Trinajstić information content (AvgIpc) is 2.39. The van der Waals surface area contributed by atoms with Crippen molar-refractivity contribution < 1.29 is 4.79 Å². The number of amides is 1. The van der Waals surface area contributed by atoms with Gasteiger partial charge in [0.15, 0.2) is 5.43 Å². The second kappa shape index (κ2) is 6.00. The predicted molar refractivity (Wildman–Crippen MR) is 74.3 cm³/mol. The molecule has 0 atom stereocenters. The van der Waals surface area contributed by atoms with Crippen LogP contribution in [0.15, 0.2) is 47.5 Å². The standard InChI is InChI=1S/C15H16N2O2/c1-11-3-2-4-12(9-11)5-8-17-15(19)13-10-16-7-6-14(13)18/h2-4,6-7,9-10H,5,8H2,1H3,(H,16,18)(H,17,19). The maximum Gasteiger partial charge on any atom is 0.256 e. The molecule has 98 valence electrons. The van der Waals surface area contributed by atoms with Gasteiger partial charge in [0.25, 0.3) is 5.91 Å². The van der Waals surface area contributed by atoms with Gasteiger partial charge in [0, 0.05) is 25.0 Å². The van der Waals surface area contributed by atoms with Crippen LogP contribution in [0.4, 0.5) is 0 Å². The van der Waals surface area contributed by atoms with Gasteiger partial charge in [-0.05, 0) is 18.9 Å². The lowest BCUT2D eigenvalue weighted by Crippen LogP contribution is -2.30. The number of pyridine rings is 1. The van der Waals surface area contributed by atoms with Gasteiger partial charge in [-0.25, -0.2) is 0 Å². The van der Waals surface area contributed by atoms with E-state index >= 15 is 0 Å². The summed E-state index contributed by atoms with van der Waals surface area (Å²) in [4.78, 5) is 26.0. The van der Waals surface area contributed by atoms with E-state index in [2.05, 4.69) is 16.4 Å². The fraction of sp³-hybridized carbons (Fsp3) is 0.200. The molecule has 0 aliphatic rings. The Balaban J connectivity index is 1.91. The largest absolute Gasteiger partial charge is 0.367 e. The first-order valence-corrected chi connectivity index (χ1v) is 6.17. The van der Waals surface area contributed by atoms with Crippen molar-refractivity contribution in [3.05, 3.63) is 69.6 Å². The first-order valence-electron chi connectivity index (χ1n) is 6.17. The van der Waals surface area contributed by atoms with Crippen LogP contribution in [0, 0.1) is 6.92 Å². The summed E-state index contributed by atoms with van der Waals surface area (Å²) in [5.74, 6) is -0.338. The molecule has 2 N–H and O–H groups in total. The van der Waals surface area contributed by atoms with Crippen molar-refractivity contribution in [1.29, 1.82) is 0 Å². The Morgan fingerprint density at radius 2 is 2.16 bits per heavy atom. The molecule has 4 heteroatoms. The molecule has 1 amide bonds. The van der Waals surface area contributed by atoms with Crippen molar-refractivity contribution in [3.8, 4) is 0 Å². The first-order chi connectivity index (χ1) is 9.16. The van der Waals surface area contributed by atoms with Crippen LogP contribution in [0.1, 0.15) is 21.5 Å². The molecule has 0 saturated carbocycles. The van der Waals surface area contributed by atoms with E-state index in [1.807, 2.05) is 25.1 Å². The molecule has 19 heavy (non-hydrogen) atoms. The van der Waals surface area contributed by atoms with E-state index in [1.165, 1.54) is 29.6 Å². The lowest BCUT2D eigenvalue weighted by molar-refractivity contribution is 0.0952. The number of carbonyl (C=O) groups is 1. The SMILES string of the molecule is Cc1cccc(CCNC(=O)c2c[nH]ccc2=O)c1. The molecule has 0 radical (unpaired) electrons. The molecule has 2 aromatic rings. The van der Waals surface area contributed by atoms with E-state index in [1.54, 1.807) is 0 Å². The Morgan fingerprint density at radius 3 is 2.89 bits per heavy atom. The number of aryl methyl sites for hydroxylation is 1. The summed E-state index contributed by atoms with van der Waals surface area (Å²) in [5, 5.41) is 2.75. The second-order valence-electron chi connectivity index (χ2n) is 4.42. The fourth-order valence-electron chi connectivity index (χ4n) is 1.88. The predicted octanol–water partition coefficient (Wildman–Crippen LogP) is 1.66. The lowest BCUT2D eigenvalue weighted by Gasteiger charge is -2.05. The lowest BCUT2D eigenvalue weighted by atomic mass is 10.1. The maximum atomic E-state index is 11.8. The van der Waals surface area contributed by atoms with Gasteiger partial charge < -0.3 is 10.3 Å². The Bertz CT molecular complexity index is 632. The summed E-state index contributed by atoms with van der Waals surface area (Å²) in [6, 6.07) is 9.48. The zero-order valence-corrected chi connectivity index (χ0v) is 10.8.